The van der Waals surface area contributed by atoms with Gasteiger partial charge in [0.2, 0.25) is 0 Å². The molecule has 0 radical (unpaired) electrons. The van der Waals surface area contributed by atoms with Gasteiger partial charge in [0.05, 0.1) is 26.8 Å². The fourth-order valence-electron chi connectivity index (χ4n) is 1.30. The average molecular weight is 241 g/mol. The molecule has 15 heavy (non-hydrogen) atoms. The maximum absolute atomic E-state index is 5.92. The lowest BCUT2D eigenvalue weighted by Crippen LogP contribution is -1.95. The van der Waals surface area contributed by atoms with E-state index in [2.05, 4.69) is 23.8 Å². The van der Waals surface area contributed by atoms with Crippen molar-refractivity contribution in [2.24, 2.45) is 0 Å². The van der Waals surface area contributed by atoms with Gasteiger partial charge in [-0.05, 0) is 18.1 Å². The molecule has 2 nitrogen and oxygen atoms in total. The standard InChI is InChI=1S/C11H10Cl2N2/c1-6(2)11-5-14-9-3-7(12)8(13)4-10(9)15-11/h3-6H,1-2H3. The van der Waals surface area contributed by atoms with E-state index in [1.165, 1.54) is 0 Å². The Hall–Kier alpha value is -0.860. The zero-order chi connectivity index (χ0) is 11.0. The van der Waals surface area contributed by atoms with Crippen LogP contribution in [0.2, 0.25) is 10.0 Å². The van der Waals surface area contributed by atoms with Crippen molar-refractivity contribution in [3.05, 3.63) is 34.1 Å². The summed E-state index contributed by atoms with van der Waals surface area (Å²) in [6.45, 7) is 4.15. The molecule has 2 aromatic rings. The van der Waals surface area contributed by atoms with Crippen LogP contribution in [-0.4, -0.2) is 9.97 Å². The van der Waals surface area contributed by atoms with Crippen molar-refractivity contribution < 1.29 is 0 Å². The van der Waals surface area contributed by atoms with E-state index < -0.39 is 0 Å². The molecule has 0 spiro atoms. The molecule has 0 fully saturated rings. The van der Waals surface area contributed by atoms with Crippen molar-refractivity contribution in [3.8, 4) is 0 Å². The van der Waals surface area contributed by atoms with Gasteiger partial charge >= 0.3 is 0 Å². The Morgan fingerprint density at radius 2 is 1.67 bits per heavy atom. The van der Waals surface area contributed by atoms with Crippen molar-refractivity contribution in [3.63, 3.8) is 0 Å². The number of rotatable bonds is 1. The fourth-order valence-corrected chi connectivity index (χ4v) is 1.62. The molecule has 0 aliphatic rings. The number of benzene rings is 1. The molecule has 0 N–H and O–H groups in total. The largest absolute Gasteiger partial charge is 0.253 e. The minimum absolute atomic E-state index is 0.358. The molecule has 0 amide bonds. The van der Waals surface area contributed by atoms with Crippen molar-refractivity contribution in [2.75, 3.05) is 0 Å². The molecule has 0 aliphatic carbocycles. The van der Waals surface area contributed by atoms with Crippen LogP contribution in [0, 0.1) is 0 Å². The molecule has 0 unspecified atom stereocenters. The molecular formula is C11H10Cl2N2. The Bertz CT molecular complexity index is 509. The van der Waals surface area contributed by atoms with Crippen LogP contribution < -0.4 is 0 Å². The predicted octanol–water partition coefficient (Wildman–Crippen LogP) is 4.06. The summed E-state index contributed by atoms with van der Waals surface area (Å²) in [6, 6.07) is 3.48. The lowest BCUT2D eigenvalue weighted by atomic mass is 10.1. The van der Waals surface area contributed by atoms with Gasteiger partial charge in [0, 0.05) is 6.20 Å². The molecule has 4 heteroatoms. The van der Waals surface area contributed by atoms with Gasteiger partial charge in [0.1, 0.15) is 0 Å². The van der Waals surface area contributed by atoms with Gasteiger partial charge in [0.25, 0.3) is 0 Å². The highest BCUT2D eigenvalue weighted by molar-refractivity contribution is 6.42. The van der Waals surface area contributed by atoms with Crippen molar-refractivity contribution in [1.82, 2.24) is 9.97 Å². The maximum Gasteiger partial charge on any atom is 0.0906 e. The Labute approximate surface area is 98.3 Å². The number of hydrogen-bond acceptors (Lipinski definition) is 2. The molecular weight excluding hydrogens is 231 g/mol. The first-order chi connectivity index (χ1) is 7.08. The SMILES string of the molecule is CC(C)c1cnc2cc(Cl)c(Cl)cc2n1. The Morgan fingerprint density at radius 3 is 2.27 bits per heavy atom. The molecule has 78 valence electrons. The Balaban J connectivity index is 2.66. The van der Waals surface area contributed by atoms with Crippen LogP contribution >= 0.6 is 23.2 Å². The molecule has 1 aromatic heterocycles. The lowest BCUT2D eigenvalue weighted by Gasteiger charge is -2.05. The smallest absolute Gasteiger partial charge is 0.0906 e. The molecule has 0 bridgehead atoms. The minimum Gasteiger partial charge on any atom is -0.253 e. The number of hydrogen-bond donors (Lipinski definition) is 0. The van der Waals surface area contributed by atoms with Crippen LogP contribution in [0.3, 0.4) is 0 Å². The quantitative estimate of drug-likeness (QED) is 0.752. The molecule has 0 aliphatic heterocycles. The minimum atomic E-state index is 0.358. The zero-order valence-electron chi connectivity index (χ0n) is 8.46. The summed E-state index contributed by atoms with van der Waals surface area (Å²) < 4.78 is 0. The maximum atomic E-state index is 5.92. The third-order valence-corrected chi connectivity index (χ3v) is 2.92. The summed E-state index contributed by atoms with van der Waals surface area (Å²) in [5.74, 6) is 0.358. The highest BCUT2D eigenvalue weighted by Gasteiger charge is 2.06. The second-order valence-electron chi connectivity index (χ2n) is 3.70. The Kier molecular flexibility index (Phi) is 2.81. The number of aromatic nitrogens is 2. The average Bonchev–Trinajstić information content (AvgIpc) is 2.19. The van der Waals surface area contributed by atoms with Gasteiger partial charge in [-0.15, -0.1) is 0 Å². The summed E-state index contributed by atoms with van der Waals surface area (Å²) in [5, 5.41) is 1.02. The lowest BCUT2D eigenvalue weighted by molar-refractivity contribution is 0.822. The van der Waals surface area contributed by atoms with Crippen LogP contribution in [0.25, 0.3) is 11.0 Å². The molecule has 0 atom stereocenters. The van der Waals surface area contributed by atoms with Crippen molar-refractivity contribution >= 4 is 34.2 Å². The van der Waals surface area contributed by atoms with Crippen LogP contribution in [0.5, 0.6) is 0 Å². The highest BCUT2D eigenvalue weighted by Crippen LogP contribution is 2.26. The summed E-state index contributed by atoms with van der Waals surface area (Å²) in [6.07, 6.45) is 1.78. The zero-order valence-corrected chi connectivity index (χ0v) is 9.97. The van der Waals surface area contributed by atoms with E-state index in [0.29, 0.717) is 16.0 Å². The van der Waals surface area contributed by atoms with Gasteiger partial charge in [-0.2, -0.15) is 0 Å². The van der Waals surface area contributed by atoms with Crippen LogP contribution in [0.1, 0.15) is 25.5 Å². The first-order valence-electron chi connectivity index (χ1n) is 4.69. The van der Waals surface area contributed by atoms with Crippen LogP contribution in [0.15, 0.2) is 18.3 Å². The van der Waals surface area contributed by atoms with Gasteiger partial charge in [0.15, 0.2) is 0 Å². The van der Waals surface area contributed by atoms with E-state index in [4.69, 9.17) is 23.2 Å². The second kappa shape index (κ2) is 3.95. The van der Waals surface area contributed by atoms with Crippen LogP contribution in [0.4, 0.5) is 0 Å². The first-order valence-corrected chi connectivity index (χ1v) is 5.45. The van der Waals surface area contributed by atoms with Crippen LogP contribution in [-0.2, 0) is 0 Å². The van der Waals surface area contributed by atoms with E-state index >= 15 is 0 Å². The summed E-state index contributed by atoms with van der Waals surface area (Å²) >= 11 is 11.8. The van der Waals surface area contributed by atoms with E-state index in [-0.39, 0.29) is 0 Å². The van der Waals surface area contributed by atoms with Crippen molar-refractivity contribution in [2.45, 2.75) is 19.8 Å². The van der Waals surface area contributed by atoms with E-state index in [0.717, 1.165) is 16.7 Å². The molecule has 2 rings (SSSR count). The third-order valence-electron chi connectivity index (χ3n) is 2.19. The number of nitrogens with zero attached hydrogens (tertiary/aromatic N) is 2. The normalized spacial score (nSPS) is 11.3. The molecule has 1 aromatic carbocycles. The molecule has 0 saturated heterocycles. The summed E-state index contributed by atoms with van der Waals surface area (Å²) in [4.78, 5) is 8.77. The van der Waals surface area contributed by atoms with Gasteiger partial charge < -0.3 is 0 Å². The van der Waals surface area contributed by atoms with E-state index in [1.54, 1.807) is 18.3 Å². The fraction of sp³-hybridized carbons (Fsp3) is 0.273. The topological polar surface area (TPSA) is 25.8 Å². The van der Waals surface area contributed by atoms with Gasteiger partial charge in [-0.25, -0.2) is 4.98 Å². The Morgan fingerprint density at radius 1 is 1.07 bits per heavy atom. The number of fused-ring (bicyclic) bond motifs is 1. The number of halogens is 2. The second-order valence-corrected chi connectivity index (χ2v) is 4.52. The molecule has 1 heterocycles. The highest BCUT2D eigenvalue weighted by atomic mass is 35.5. The monoisotopic (exact) mass is 240 g/mol. The van der Waals surface area contributed by atoms with Gasteiger partial charge in [-0.3, -0.25) is 4.98 Å². The molecule has 0 saturated carbocycles. The van der Waals surface area contributed by atoms with E-state index in [9.17, 15) is 0 Å². The van der Waals surface area contributed by atoms with E-state index in [1.807, 2.05) is 0 Å². The summed E-state index contributed by atoms with van der Waals surface area (Å²) in [7, 11) is 0. The summed E-state index contributed by atoms with van der Waals surface area (Å²) in [5.41, 5.74) is 2.52. The predicted molar refractivity (Wildman–Crippen MR) is 63.6 cm³/mol. The first kappa shape index (κ1) is 10.7. The van der Waals surface area contributed by atoms with Gasteiger partial charge in [-0.1, -0.05) is 37.0 Å². The third kappa shape index (κ3) is 2.06. The van der Waals surface area contributed by atoms with Crippen molar-refractivity contribution in [1.29, 1.82) is 0 Å².